The average Bonchev–Trinajstić information content (AvgIpc) is 3.10. The van der Waals surface area contributed by atoms with E-state index in [1.165, 1.54) is 0 Å². The first kappa shape index (κ1) is 19.3. The van der Waals surface area contributed by atoms with Crippen LogP contribution in [-0.4, -0.2) is 20.5 Å². The molecule has 0 radical (unpaired) electrons. The SMILES string of the molecule is CC1(C)CC(=O)C2=C(C1)Nc1nc(-c3cccc(Cl)c3)nn1C2c1ccccc1Cl. The second kappa shape index (κ2) is 6.96. The molecule has 1 unspecified atom stereocenters. The number of anilines is 1. The molecule has 2 heterocycles. The fourth-order valence-corrected chi connectivity index (χ4v) is 4.77. The maximum absolute atomic E-state index is 13.3. The summed E-state index contributed by atoms with van der Waals surface area (Å²) in [7, 11) is 0. The molecule has 3 aromatic rings. The third-order valence-corrected chi connectivity index (χ3v) is 6.19. The zero-order valence-electron chi connectivity index (χ0n) is 16.6. The van der Waals surface area contributed by atoms with E-state index in [1.807, 2.05) is 48.5 Å². The van der Waals surface area contributed by atoms with E-state index in [2.05, 4.69) is 19.2 Å². The summed E-state index contributed by atoms with van der Waals surface area (Å²) in [6.07, 6.45) is 1.24. The molecule has 1 aliphatic carbocycles. The molecule has 0 saturated carbocycles. The van der Waals surface area contributed by atoms with Crippen LogP contribution in [0, 0.1) is 5.41 Å². The fraction of sp³-hybridized carbons (Fsp3) is 0.261. The predicted molar refractivity (Wildman–Crippen MR) is 119 cm³/mol. The number of carbonyl (C=O) groups excluding carboxylic acids is 1. The first-order valence-corrected chi connectivity index (χ1v) is 10.6. The molecular formula is C23H20Cl2N4O. The molecule has 0 amide bonds. The normalized spacial score (nSPS) is 19.9. The Hall–Kier alpha value is -2.63. The van der Waals surface area contributed by atoms with Crippen molar-refractivity contribution in [3.05, 3.63) is 75.4 Å². The van der Waals surface area contributed by atoms with Crippen LogP contribution < -0.4 is 5.32 Å². The van der Waals surface area contributed by atoms with E-state index in [9.17, 15) is 4.79 Å². The van der Waals surface area contributed by atoms with Gasteiger partial charge in [0.2, 0.25) is 5.95 Å². The summed E-state index contributed by atoms with van der Waals surface area (Å²) < 4.78 is 1.77. The number of nitrogens with one attached hydrogen (secondary N) is 1. The van der Waals surface area contributed by atoms with Gasteiger partial charge < -0.3 is 5.32 Å². The van der Waals surface area contributed by atoms with Crippen molar-refractivity contribution in [3.8, 4) is 11.4 Å². The lowest BCUT2D eigenvalue weighted by molar-refractivity contribution is -0.118. The van der Waals surface area contributed by atoms with E-state index >= 15 is 0 Å². The topological polar surface area (TPSA) is 59.8 Å². The molecule has 2 aliphatic rings. The Morgan fingerprint density at radius 1 is 1.10 bits per heavy atom. The van der Waals surface area contributed by atoms with Gasteiger partial charge in [-0.15, -0.1) is 5.10 Å². The standard InChI is InChI=1S/C23H20Cl2N4O/c1-23(2)11-17-19(18(30)12-23)20(15-8-3-4-9-16(15)25)29-22(26-17)27-21(28-29)13-6-5-7-14(24)10-13/h3-10,20H,11-12H2,1-2H3,(H,26,27,28). The molecule has 5 nitrogen and oxygen atoms in total. The summed E-state index contributed by atoms with van der Waals surface area (Å²) in [5.41, 5.74) is 3.15. The molecule has 7 heteroatoms. The third kappa shape index (κ3) is 3.22. The summed E-state index contributed by atoms with van der Waals surface area (Å²) in [6, 6.07) is 14.6. The lowest BCUT2D eigenvalue weighted by Crippen LogP contribution is -2.36. The van der Waals surface area contributed by atoms with Gasteiger partial charge in [-0.05, 0) is 30.0 Å². The van der Waals surface area contributed by atoms with Crippen molar-refractivity contribution < 1.29 is 4.79 Å². The summed E-state index contributed by atoms with van der Waals surface area (Å²) in [6.45, 7) is 4.22. The minimum absolute atomic E-state index is 0.115. The number of ketones is 1. The van der Waals surface area contributed by atoms with Crippen molar-refractivity contribution in [2.75, 3.05) is 5.32 Å². The monoisotopic (exact) mass is 438 g/mol. The van der Waals surface area contributed by atoms with Crippen molar-refractivity contribution in [3.63, 3.8) is 0 Å². The van der Waals surface area contributed by atoms with Gasteiger partial charge in [-0.25, -0.2) is 4.68 Å². The van der Waals surface area contributed by atoms with Gasteiger partial charge in [0.1, 0.15) is 6.04 Å². The van der Waals surface area contributed by atoms with Crippen LogP contribution in [0.25, 0.3) is 11.4 Å². The van der Waals surface area contributed by atoms with Gasteiger partial charge in [0.25, 0.3) is 0 Å². The number of allylic oxidation sites excluding steroid dienone is 2. The second-order valence-corrected chi connectivity index (χ2v) is 9.44. The zero-order valence-corrected chi connectivity index (χ0v) is 18.1. The molecule has 1 aliphatic heterocycles. The number of nitrogens with zero attached hydrogens (tertiary/aromatic N) is 3. The van der Waals surface area contributed by atoms with E-state index in [-0.39, 0.29) is 11.2 Å². The van der Waals surface area contributed by atoms with Gasteiger partial charge in [0.05, 0.1) is 0 Å². The van der Waals surface area contributed by atoms with Crippen molar-refractivity contribution in [2.24, 2.45) is 5.41 Å². The molecule has 1 aromatic heterocycles. The molecule has 152 valence electrons. The number of carbonyl (C=O) groups is 1. The molecule has 5 rings (SSSR count). The summed E-state index contributed by atoms with van der Waals surface area (Å²) in [4.78, 5) is 18.0. The molecule has 2 aromatic carbocycles. The molecule has 1 N–H and O–H groups in total. The summed E-state index contributed by atoms with van der Waals surface area (Å²) >= 11 is 12.7. The van der Waals surface area contributed by atoms with Gasteiger partial charge in [-0.2, -0.15) is 4.98 Å². The van der Waals surface area contributed by atoms with Crippen molar-refractivity contribution in [2.45, 2.75) is 32.7 Å². The van der Waals surface area contributed by atoms with Gasteiger partial charge in [0, 0.05) is 38.9 Å². The number of hydrogen-bond acceptors (Lipinski definition) is 4. The van der Waals surface area contributed by atoms with Crippen LogP contribution in [0.5, 0.6) is 0 Å². The van der Waals surface area contributed by atoms with Gasteiger partial charge in [-0.3, -0.25) is 4.79 Å². The highest BCUT2D eigenvalue weighted by molar-refractivity contribution is 6.31. The molecule has 0 saturated heterocycles. The Morgan fingerprint density at radius 3 is 2.67 bits per heavy atom. The number of hydrogen-bond donors (Lipinski definition) is 1. The number of benzene rings is 2. The minimum Gasteiger partial charge on any atom is -0.328 e. The van der Waals surface area contributed by atoms with Crippen molar-refractivity contribution >= 4 is 34.9 Å². The lowest BCUT2D eigenvalue weighted by Gasteiger charge is -2.38. The Balaban J connectivity index is 1.71. The minimum atomic E-state index is -0.422. The largest absolute Gasteiger partial charge is 0.328 e. The van der Waals surface area contributed by atoms with Crippen LogP contribution in [0.2, 0.25) is 10.0 Å². The Kier molecular flexibility index (Phi) is 4.49. The molecular weight excluding hydrogens is 419 g/mol. The van der Waals surface area contributed by atoms with Crippen LogP contribution in [0.4, 0.5) is 5.95 Å². The Labute approximate surface area is 184 Å². The average molecular weight is 439 g/mol. The van der Waals surface area contributed by atoms with Crippen LogP contribution in [0.1, 0.15) is 38.3 Å². The van der Waals surface area contributed by atoms with Crippen molar-refractivity contribution in [1.82, 2.24) is 14.8 Å². The smallest absolute Gasteiger partial charge is 0.226 e. The maximum Gasteiger partial charge on any atom is 0.226 e. The quantitative estimate of drug-likeness (QED) is 0.539. The summed E-state index contributed by atoms with van der Waals surface area (Å²) in [5.74, 6) is 1.26. The van der Waals surface area contributed by atoms with Crippen LogP contribution >= 0.6 is 23.2 Å². The highest BCUT2D eigenvalue weighted by Crippen LogP contribution is 2.46. The lowest BCUT2D eigenvalue weighted by atomic mass is 9.73. The van der Waals surface area contributed by atoms with Crippen LogP contribution in [0.3, 0.4) is 0 Å². The highest BCUT2D eigenvalue weighted by atomic mass is 35.5. The van der Waals surface area contributed by atoms with E-state index in [0.717, 1.165) is 28.8 Å². The maximum atomic E-state index is 13.3. The van der Waals surface area contributed by atoms with Gasteiger partial charge in [-0.1, -0.05) is 67.4 Å². The highest BCUT2D eigenvalue weighted by Gasteiger charge is 2.42. The molecule has 0 bridgehead atoms. The second-order valence-electron chi connectivity index (χ2n) is 8.60. The molecule has 0 fully saturated rings. The third-order valence-electron chi connectivity index (χ3n) is 5.61. The van der Waals surface area contributed by atoms with Crippen LogP contribution in [-0.2, 0) is 4.79 Å². The summed E-state index contributed by atoms with van der Waals surface area (Å²) in [5, 5.41) is 9.36. The van der Waals surface area contributed by atoms with Gasteiger partial charge >= 0.3 is 0 Å². The number of aromatic nitrogens is 3. The Bertz CT molecular complexity index is 1210. The molecule has 0 spiro atoms. The Morgan fingerprint density at radius 2 is 1.90 bits per heavy atom. The first-order valence-electron chi connectivity index (χ1n) is 9.82. The number of fused-ring (bicyclic) bond motifs is 1. The fourth-order valence-electron chi connectivity index (χ4n) is 4.34. The van der Waals surface area contributed by atoms with Gasteiger partial charge in [0.15, 0.2) is 11.6 Å². The van der Waals surface area contributed by atoms with E-state index in [1.54, 1.807) is 4.68 Å². The number of halogens is 2. The van der Waals surface area contributed by atoms with E-state index in [4.69, 9.17) is 33.3 Å². The number of Topliss-reactive ketones (excluding diaryl/α,β-unsaturated/α-hetero) is 1. The molecule has 1 atom stereocenters. The van der Waals surface area contributed by atoms with E-state index in [0.29, 0.717) is 28.2 Å². The van der Waals surface area contributed by atoms with E-state index < -0.39 is 6.04 Å². The first-order chi connectivity index (χ1) is 14.3. The predicted octanol–water partition coefficient (Wildman–Crippen LogP) is 5.91. The molecule has 30 heavy (non-hydrogen) atoms. The van der Waals surface area contributed by atoms with Crippen molar-refractivity contribution in [1.29, 1.82) is 0 Å². The van der Waals surface area contributed by atoms with Crippen LogP contribution in [0.15, 0.2) is 59.8 Å². The zero-order chi connectivity index (χ0) is 21.0. The number of rotatable bonds is 2.